The van der Waals surface area contributed by atoms with Crippen LogP contribution in [0.5, 0.6) is 5.88 Å². The van der Waals surface area contributed by atoms with Crippen molar-refractivity contribution < 1.29 is 14.3 Å². The van der Waals surface area contributed by atoms with Gasteiger partial charge in [-0.05, 0) is 31.7 Å². The molecule has 0 bridgehead atoms. The van der Waals surface area contributed by atoms with Crippen LogP contribution in [0, 0.1) is 0 Å². The molecular formula is C16H21N3O3. The molecule has 0 aliphatic carbocycles. The van der Waals surface area contributed by atoms with Gasteiger partial charge in [-0.25, -0.2) is 4.98 Å². The van der Waals surface area contributed by atoms with Crippen molar-refractivity contribution in [1.29, 1.82) is 0 Å². The third-order valence-electron chi connectivity index (χ3n) is 4.75. The Balaban J connectivity index is 1.92. The van der Waals surface area contributed by atoms with Crippen LogP contribution in [0.4, 0.5) is 0 Å². The summed E-state index contributed by atoms with van der Waals surface area (Å²) in [5, 5.41) is 0. The maximum atomic E-state index is 12.9. The van der Waals surface area contributed by atoms with Crippen molar-refractivity contribution in [2.24, 2.45) is 0 Å². The Bertz CT molecular complexity index is 604. The highest BCUT2D eigenvalue weighted by atomic mass is 16.5. The molecule has 3 rings (SSSR count). The van der Waals surface area contributed by atoms with Gasteiger partial charge < -0.3 is 14.5 Å². The number of aromatic nitrogens is 1. The van der Waals surface area contributed by atoms with E-state index in [4.69, 9.17) is 4.74 Å². The normalized spacial score (nSPS) is 24.9. The number of hydrogen-bond donors (Lipinski definition) is 0. The number of carbonyl (C=O) groups is 2. The Morgan fingerprint density at radius 2 is 2.05 bits per heavy atom. The molecule has 2 saturated heterocycles. The van der Waals surface area contributed by atoms with Crippen LogP contribution in [0.2, 0.25) is 0 Å². The Labute approximate surface area is 130 Å². The second kappa shape index (κ2) is 5.59. The lowest BCUT2D eigenvalue weighted by molar-refractivity contribution is -0.144. The first-order valence-electron chi connectivity index (χ1n) is 7.66. The molecule has 118 valence electrons. The van der Waals surface area contributed by atoms with Gasteiger partial charge in [0.2, 0.25) is 11.8 Å². The number of carbonyl (C=O) groups excluding carboxylic acids is 2. The standard InChI is InChI=1S/C16H21N3O3/c1-18-9-3-6-16(15(18)21)7-4-10-19(16)14(20)12-5-8-17-13(11-12)22-2/h5,8,11H,3-4,6-7,9-10H2,1-2H3. The zero-order chi connectivity index (χ0) is 15.7. The maximum absolute atomic E-state index is 12.9. The van der Waals surface area contributed by atoms with Crippen LogP contribution in [0.1, 0.15) is 36.0 Å². The fourth-order valence-corrected chi connectivity index (χ4v) is 3.64. The molecule has 2 amide bonds. The molecule has 3 heterocycles. The highest BCUT2D eigenvalue weighted by Crippen LogP contribution is 2.38. The van der Waals surface area contributed by atoms with Gasteiger partial charge in [0, 0.05) is 38.0 Å². The lowest BCUT2D eigenvalue weighted by Crippen LogP contribution is -2.60. The highest BCUT2D eigenvalue weighted by Gasteiger charge is 2.52. The molecule has 1 aromatic heterocycles. The predicted octanol–water partition coefficient (Wildman–Crippen LogP) is 1.32. The highest BCUT2D eigenvalue weighted by molar-refractivity contribution is 6.00. The Hall–Kier alpha value is -2.11. The second-order valence-corrected chi connectivity index (χ2v) is 6.01. The first kappa shape index (κ1) is 14.8. The summed E-state index contributed by atoms with van der Waals surface area (Å²) in [6.07, 6.45) is 4.87. The van der Waals surface area contributed by atoms with E-state index in [1.165, 1.54) is 7.11 Å². The van der Waals surface area contributed by atoms with Gasteiger partial charge in [0.15, 0.2) is 0 Å². The predicted molar refractivity (Wildman–Crippen MR) is 80.7 cm³/mol. The monoisotopic (exact) mass is 303 g/mol. The van der Waals surface area contributed by atoms with E-state index >= 15 is 0 Å². The van der Waals surface area contributed by atoms with E-state index in [-0.39, 0.29) is 11.8 Å². The van der Waals surface area contributed by atoms with Crippen molar-refractivity contribution in [3.63, 3.8) is 0 Å². The van der Waals surface area contributed by atoms with Crippen molar-refractivity contribution in [2.75, 3.05) is 27.2 Å². The van der Waals surface area contributed by atoms with Crippen LogP contribution >= 0.6 is 0 Å². The van der Waals surface area contributed by atoms with Crippen LogP contribution in [0.3, 0.4) is 0 Å². The molecule has 0 aromatic carbocycles. The summed E-state index contributed by atoms with van der Waals surface area (Å²) in [5.74, 6) is 0.374. The zero-order valence-electron chi connectivity index (χ0n) is 13.0. The van der Waals surface area contributed by atoms with Gasteiger partial charge in [0.1, 0.15) is 5.54 Å². The average molecular weight is 303 g/mol. The van der Waals surface area contributed by atoms with Crippen LogP contribution < -0.4 is 4.74 Å². The Morgan fingerprint density at radius 1 is 1.32 bits per heavy atom. The van der Waals surface area contributed by atoms with Gasteiger partial charge in [-0.1, -0.05) is 0 Å². The average Bonchev–Trinajstić information content (AvgIpc) is 2.96. The summed E-state index contributed by atoms with van der Waals surface area (Å²) in [6, 6.07) is 3.30. The molecular weight excluding hydrogens is 282 g/mol. The molecule has 6 nitrogen and oxygen atoms in total. The Kier molecular flexibility index (Phi) is 3.76. The number of ether oxygens (including phenoxy) is 1. The molecule has 2 fully saturated rings. The fourth-order valence-electron chi connectivity index (χ4n) is 3.64. The van der Waals surface area contributed by atoms with Crippen LogP contribution in [0.25, 0.3) is 0 Å². The van der Waals surface area contributed by atoms with Gasteiger partial charge in [-0.2, -0.15) is 0 Å². The summed E-state index contributed by atoms with van der Waals surface area (Å²) >= 11 is 0. The first-order chi connectivity index (χ1) is 10.6. The quantitative estimate of drug-likeness (QED) is 0.826. The largest absolute Gasteiger partial charge is 0.481 e. The van der Waals surface area contributed by atoms with E-state index < -0.39 is 5.54 Å². The Morgan fingerprint density at radius 3 is 2.77 bits per heavy atom. The first-order valence-corrected chi connectivity index (χ1v) is 7.66. The lowest BCUT2D eigenvalue weighted by atomic mass is 9.85. The van der Waals surface area contributed by atoms with E-state index in [1.807, 2.05) is 7.05 Å². The van der Waals surface area contributed by atoms with E-state index in [1.54, 1.807) is 28.1 Å². The number of piperidine rings is 1. The van der Waals surface area contributed by atoms with Gasteiger partial charge in [0.25, 0.3) is 5.91 Å². The summed E-state index contributed by atoms with van der Waals surface area (Å²) in [6.45, 7) is 1.40. The summed E-state index contributed by atoms with van der Waals surface area (Å²) in [5.41, 5.74) is -0.130. The topological polar surface area (TPSA) is 62.7 Å². The molecule has 0 saturated carbocycles. The molecule has 6 heteroatoms. The molecule has 1 unspecified atom stereocenters. The summed E-state index contributed by atoms with van der Waals surface area (Å²) in [4.78, 5) is 33.2. The van der Waals surface area contributed by atoms with Crippen molar-refractivity contribution in [1.82, 2.24) is 14.8 Å². The van der Waals surface area contributed by atoms with Crippen LogP contribution in [-0.2, 0) is 4.79 Å². The number of likely N-dealkylation sites (tertiary alicyclic amines) is 2. The zero-order valence-corrected chi connectivity index (χ0v) is 13.0. The minimum Gasteiger partial charge on any atom is -0.481 e. The van der Waals surface area contributed by atoms with Crippen LogP contribution in [0.15, 0.2) is 18.3 Å². The van der Waals surface area contributed by atoms with Crippen molar-refractivity contribution >= 4 is 11.8 Å². The third-order valence-corrected chi connectivity index (χ3v) is 4.75. The molecule has 0 N–H and O–H groups in total. The molecule has 2 aliphatic heterocycles. The van der Waals surface area contributed by atoms with E-state index in [0.29, 0.717) is 18.0 Å². The van der Waals surface area contributed by atoms with Gasteiger partial charge in [0.05, 0.1) is 7.11 Å². The number of amides is 2. The van der Waals surface area contributed by atoms with Crippen molar-refractivity contribution in [2.45, 2.75) is 31.2 Å². The van der Waals surface area contributed by atoms with Crippen molar-refractivity contribution in [3.8, 4) is 5.88 Å². The van der Waals surface area contributed by atoms with Gasteiger partial charge in [-0.3, -0.25) is 9.59 Å². The third kappa shape index (κ3) is 2.23. The maximum Gasteiger partial charge on any atom is 0.255 e. The number of likely N-dealkylation sites (N-methyl/N-ethyl adjacent to an activating group) is 1. The fraction of sp³-hybridized carbons (Fsp3) is 0.562. The number of nitrogens with zero attached hydrogens (tertiary/aromatic N) is 3. The molecule has 22 heavy (non-hydrogen) atoms. The van der Waals surface area contributed by atoms with E-state index in [0.717, 1.165) is 32.2 Å². The minimum atomic E-state index is -0.652. The molecule has 1 spiro atoms. The van der Waals surface area contributed by atoms with E-state index in [9.17, 15) is 9.59 Å². The minimum absolute atomic E-state index is 0.0746. The lowest BCUT2D eigenvalue weighted by Gasteiger charge is -2.43. The second-order valence-electron chi connectivity index (χ2n) is 6.01. The molecule has 0 radical (unpaired) electrons. The number of rotatable bonds is 2. The summed E-state index contributed by atoms with van der Waals surface area (Å²) in [7, 11) is 3.34. The van der Waals surface area contributed by atoms with Crippen LogP contribution in [-0.4, -0.2) is 59.4 Å². The van der Waals surface area contributed by atoms with Gasteiger partial charge in [-0.15, -0.1) is 0 Å². The number of pyridine rings is 1. The number of hydrogen-bond acceptors (Lipinski definition) is 4. The SMILES string of the molecule is COc1cc(C(=O)N2CCCC23CCCN(C)C3=O)ccn1. The van der Waals surface area contributed by atoms with Crippen molar-refractivity contribution in [3.05, 3.63) is 23.9 Å². The summed E-state index contributed by atoms with van der Waals surface area (Å²) < 4.78 is 5.09. The van der Waals surface area contributed by atoms with Gasteiger partial charge >= 0.3 is 0 Å². The molecule has 1 atom stereocenters. The molecule has 2 aliphatic rings. The van der Waals surface area contributed by atoms with E-state index in [2.05, 4.69) is 4.98 Å². The number of methoxy groups -OCH3 is 1. The smallest absolute Gasteiger partial charge is 0.255 e. The molecule has 1 aromatic rings.